The zero-order valence-electron chi connectivity index (χ0n) is 10.8. The summed E-state index contributed by atoms with van der Waals surface area (Å²) in [6.45, 7) is 10.0. The number of hydrogen-bond donors (Lipinski definition) is 0. The summed E-state index contributed by atoms with van der Waals surface area (Å²) in [5, 5.41) is 0. The summed E-state index contributed by atoms with van der Waals surface area (Å²) in [4.78, 5) is 11.6. The molecule has 0 heterocycles. The molecule has 0 saturated heterocycles. The number of esters is 1. The van der Waals surface area contributed by atoms with E-state index in [0.29, 0.717) is 12.2 Å². The molecule has 1 aromatic rings. The van der Waals surface area contributed by atoms with Crippen LogP contribution in [0.5, 0.6) is 5.75 Å². The van der Waals surface area contributed by atoms with Crippen LogP contribution < -0.4 is 4.74 Å². The van der Waals surface area contributed by atoms with Gasteiger partial charge >= 0.3 is 5.97 Å². The minimum Gasteiger partial charge on any atom is -0.426 e. The van der Waals surface area contributed by atoms with E-state index >= 15 is 0 Å². The largest absolute Gasteiger partial charge is 0.426 e. The van der Waals surface area contributed by atoms with E-state index in [4.69, 9.17) is 4.74 Å². The Balaban J connectivity index is 2.70. The molecule has 2 nitrogen and oxygen atoms in total. The third kappa shape index (κ3) is 4.05. The summed E-state index contributed by atoms with van der Waals surface area (Å²) < 4.78 is 5.34. The summed E-state index contributed by atoms with van der Waals surface area (Å²) in [6, 6.07) is 5.82. The van der Waals surface area contributed by atoms with E-state index in [9.17, 15) is 4.79 Å². The molecule has 0 aliphatic carbocycles. The summed E-state index contributed by atoms with van der Waals surface area (Å²) in [5.41, 5.74) is 2.14. The van der Waals surface area contributed by atoms with Crippen molar-refractivity contribution in [3.05, 3.63) is 29.3 Å². The van der Waals surface area contributed by atoms with E-state index < -0.39 is 0 Å². The summed E-state index contributed by atoms with van der Waals surface area (Å²) in [5.74, 6) is 0.499. The molecular formula is C14H20O2. The van der Waals surface area contributed by atoms with Crippen LogP contribution in [0.2, 0.25) is 0 Å². The van der Waals surface area contributed by atoms with E-state index in [2.05, 4.69) is 0 Å². The third-order valence-corrected chi connectivity index (χ3v) is 2.23. The van der Waals surface area contributed by atoms with Gasteiger partial charge in [0.2, 0.25) is 0 Å². The lowest BCUT2D eigenvalue weighted by Crippen LogP contribution is -2.17. The molecule has 1 rings (SSSR count). The lowest BCUT2D eigenvalue weighted by Gasteiger charge is -2.17. The molecule has 88 valence electrons. The number of benzene rings is 1. The van der Waals surface area contributed by atoms with Gasteiger partial charge in [0.1, 0.15) is 5.75 Å². The second-order valence-electron chi connectivity index (χ2n) is 5.48. The maximum Gasteiger partial charge on any atom is 0.311 e. The number of aryl methyl sites for hydroxylation is 2. The molecule has 0 aromatic heterocycles. The van der Waals surface area contributed by atoms with Gasteiger partial charge in [-0.05, 0) is 30.9 Å². The molecule has 0 N–H and O–H groups in total. The van der Waals surface area contributed by atoms with Crippen molar-refractivity contribution in [3.8, 4) is 5.75 Å². The minimum atomic E-state index is -0.167. The summed E-state index contributed by atoms with van der Waals surface area (Å²) in [7, 11) is 0. The van der Waals surface area contributed by atoms with Crippen molar-refractivity contribution in [2.75, 3.05) is 0 Å². The van der Waals surface area contributed by atoms with Crippen LogP contribution in [0.15, 0.2) is 18.2 Å². The average molecular weight is 220 g/mol. The average Bonchev–Trinajstić information content (AvgIpc) is 2.06. The number of rotatable bonds is 2. The first-order valence-electron chi connectivity index (χ1n) is 5.56. The van der Waals surface area contributed by atoms with Gasteiger partial charge in [0, 0.05) is 0 Å². The van der Waals surface area contributed by atoms with Crippen LogP contribution in [0.4, 0.5) is 0 Å². The molecule has 0 fully saturated rings. The van der Waals surface area contributed by atoms with Gasteiger partial charge in [-0.1, -0.05) is 38.5 Å². The lowest BCUT2D eigenvalue weighted by atomic mass is 9.92. The van der Waals surface area contributed by atoms with Crippen molar-refractivity contribution < 1.29 is 9.53 Å². The van der Waals surface area contributed by atoms with Crippen molar-refractivity contribution >= 4 is 5.97 Å². The van der Waals surface area contributed by atoms with Crippen LogP contribution in [-0.4, -0.2) is 5.97 Å². The second-order valence-corrected chi connectivity index (χ2v) is 5.48. The fourth-order valence-electron chi connectivity index (χ4n) is 1.51. The van der Waals surface area contributed by atoms with Gasteiger partial charge in [0.15, 0.2) is 0 Å². The number of carbonyl (C=O) groups is 1. The van der Waals surface area contributed by atoms with Crippen LogP contribution in [0, 0.1) is 19.3 Å². The topological polar surface area (TPSA) is 26.3 Å². The van der Waals surface area contributed by atoms with Crippen LogP contribution in [-0.2, 0) is 4.79 Å². The van der Waals surface area contributed by atoms with Crippen molar-refractivity contribution in [3.63, 3.8) is 0 Å². The van der Waals surface area contributed by atoms with Gasteiger partial charge in [-0.2, -0.15) is 0 Å². The molecule has 16 heavy (non-hydrogen) atoms. The molecule has 0 bridgehead atoms. The minimum absolute atomic E-state index is 0.0321. The number of hydrogen-bond acceptors (Lipinski definition) is 2. The summed E-state index contributed by atoms with van der Waals surface area (Å²) in [6.07, 6.45) is 0.431. The molecule has 1 aromatic carbocycles. The van der Waals surface area contributed by atoms with Gasteiger partial charge < -0.3 is 4.74 Å². The maximum absolute atomic E-state index is 11.6. The smallest absolute Gasteiger partial charge is 0.311 e. The lowest BCUT2D eigenvalue weighted by molar-refractivity contribution is -0.136. The first-order chi connectivity index (χ1) is 7.28. The Labute approximate surface area is 97.6 Å². The van der Waals surface area contributed by atoms with Crippen LogP contribution in [0.1, 0.15) is 38.3 Å². The Morgan fingerprint density at radius 3 is 2.38 bits per heavy atom. The Kier molecular flexibility index (Phi) is 3.74. The highest BCUT2D eigenvalue weighted by molar-refractivity contribution is 5.73. The quantitative estimate of drug-likeness (QED) is 0.562. The first-order valence-corrected chi connectivity index (χ1v) is 5.56. The van der Waals surface area contributed by atoms with E-state index in [1.807, 2.05) is 52.8 Å². The van der Waals surface area contributed by atoms with E-state index in [1.165, 1.54) is 5.56 Å². The molecule has 0 aliphatic rings. The van der Waals surface area contributed by atoms with Crippen molar-refractivity contribution in [2.24, 2.45) is 5.41 Å². The van der Waals surface area contributed by atoms with Gasteiger partial charge in [-0.15, -0.1) is 0 Å². The molecule has 0 aliphatic heterocycles. The Morgan fingerprint density at radius 2 is 1.88 bits per heavy atom. The molecule has 2 heteroatoms. The van der Waals surface area contributed by atoms with Crippen LogP contribution >= 0.6 is 0 Å². The third-order valence-electron chi connectivity index (χ3n) is 2.23. The van der Waals surface area contributed by atoms with E-state index in [-0.39, 0.29) is 11.4 Å². The molecule has 0 radical (unpaired) electrons. The molecule has 0 spiro atoms. The molecule has 0 saturated carbocycles. The SMILES string of the molecule is Cc1ccc(OC(=O)CC(C)(C)C)c(C)c1. The number of carbonyl (C=O) groups excluding carboxylic acids is 1. The van der Waals surface area contributed by atoms with Gasteiger partial charge in [-0.25, -0.2) is 0 Å². The Hall–Kier alpha value is -1.31. The zero-order chi connectivity index (χ0) is 12.3. The molecule has 0 unspecified atom stereocenters. The molecule has 0 atom stereocenters. The highest BCUT2D eigenvalue weighted by Gasteiger charge is 2.18. The van der Waals surface area contributed by atoms with Gasteiger partial charge in [-0.3, -0.25) is 4.79 Å². The highest BCUT2D eigenvalue weighted by Crippen LogP contribution is 2.23. The molecular weight excluding hydrogens is 200 g/mol. The van der Waals surface area contributed by atoms with E-state index in [1.54, 1.807) is 0 Å². The highest BCUT2D eigenvalue weighted by atomic mass is 16.5. The van der Waals surface area contributed by atoms with Gasteiger partial charge in [0.05, 0.1) is 6.42 Å². The number of ether oxygens (including phenoxy) is 1. The fraction of sp³-hybridized carbons (Fsp3) is 0.500. The van der Waals surface area contributed by atoms with Crippen molar-refractivity contribution in [1.82, 2.24) is 0 Å². The van der Waals surface area contributed by atoms with Crippen LogP contribution in [0.25, 0.3) is 0 Å². The standard InChI is InChI=1S/C14H20O2/c1-10-6-7-12(11(2)8-10)16-13(15)9-14(3,4)5/h6-8H,9H2,1-5H3. The normalized spacial score (nSPS) is 11.3. The van der Waals surface area contributed by atoms with Crippen LogP contribution in [0.3, 0.4) is 0 Å². The van der Waals surface area contributed by atoms with Gasteiger partial charge in [0.25, 0.3) is 0 Å². The Morgan fingerprint density at radius 1 is 1.25 bits per heavy atom. The molecule has 0 amide bonds. The maximum atomic E-state index is 11.6. The Bertz CT molecular complexity index is 386. The van der Waals surface area contributed by atoms with Crippen molar-refractivity contribution in [2.45, 2.75) is 41.0 Å². The summed E-state index contributed by atoms with van der Waals surface area (Å²) >= 11 is 0. The van der Waals surface area contributed by atoms with E-state index in [0.717, 1.165) is 5.56 Å². The van der Waals surface area contributed by atoms with Crippen molar-refractivity contribution in [1.29, 1.82) is 0 Å². The fourth-order valence-corrected chi connectivity index (χ4v) is 1.51. The second kappa shape index (κ2) is 4.69. The predicted molar refractivity (Wildman–Crippen MR) is 65.6 cm³/mol. The predicted octanol–water partition coefficient (Wildman–Crippen LogP) is 3.65. The first kappa shape index (κ1) is 12.8. The monoisotopic (exact) mass is 220 g/mol. The zero-order valence-corrected chi connectivity index (χ0v) is 10.8.